The van der Waals surface area contributed by atoms with E-state index in [-0.39, 0.29) is 0 Å². The second-order valence-corrected chi connectivity index (χ2v) is 15.0. The van der Waals surface area contributed by atoms with Crippen molar-refractivity contribution >= 4 is 48.6 Å². The van der Waals surface area contributed by atoms with Crippen molar-refractivity contribution in [1.82, 2.24) is 0 Å². The molecule has 0 aliphatic carbocycles. The fraction of sp³-hybridized carbons (Fsp3) is 0. The van der Waals surface area contributed by atoms with Gasteiger partial charge in [-0.1, -0.05) is 200 Å². The molecule has 0 amide bonds. The number of rotatable bonds is 8. The summed E-state index contributed by atoms with van der Waals surface area (Å²) in [6.07, 6.45) is 0. The van der Waals surface area contributed by atoms with Crippen molar-refractivity contribution in [3.63, 3.8) is 0 Å². The maximum absolute atomic E-state index is 2.50. The van der Waals surface area contributed by atoms with Crippen molar-refractivity contribution in [1.29, 1.82) is 0 Å². The number of benzene rings is 9. The maximum atomic E-state index is 2.50. The molecule has 10 aromatic rings. The van der Waals surface area contributed by atoms with Gasteiger partial charge in [-0.3, -0.25) is 0 Å². The van der Waals surface area contributed by atoms with Gasteiger partial charge in [0, 0.05) is 42.4 Å². The summed E-state index contributed by atoms with van der Waals surface area (Å²) in [6, 6.07) is 81.3. The van der Waals surface area contributed by atoms with Crippen LogP contribution in [0.2, 0.25) is 0 Å². The van der Waals surface area contributed by atoms with Crippen LogP contribution in [0.5, 0.6) is 0 Å². The minimum absolute atomic E-state index is 1.11. The van der Waals surface area contributed by atoms with Crippen molar-refractivity contribution in [2.24, 2.45) is 0 Å². The molecule has 1 nitrogen and oxygen atoms in total. The van der Waals surface area contributed by atoms with Crippen LogP contribution in [0, 0.1) is 0 Å². The number of anilines is 3. The van der Waals surface area contributed by atoms with Gasteiger partial charge in [-0.2, -0.15) is 0 Å². The van der Waals surface area contributed by atoms with Crippen LogP contribution in [-0.2, 0) is 0 Å². The SMILES string of the molecule is c1ccc(-c2ccccc2-c2ccccc2-c2ccccc2N(c2ccccc2-c2ccccc2)c2ccccc2-c2cccc3c2sc2ccccc23)cc1. The molecule has 0 N–H and O–H groups in total. The Morgan fingerprint density at radius 2 is 0.625 bits per heavy atom. The number of fused-ring (bicyclic) bond motifs is 3. The molecule has 0 unspecified atom stereocenters. The Labute approximate surface area is 332 Å². The summed E-state index contributed by atoms with van der Waals surface area (Å²) in [7, 11) is 0. The number of nitrogens with zero attached hydrogens (tertiary/aromatic N) is 1. The van der Waals surface area contributed by atoms with Crippen LogP contribution in [0.25, 0.3) is 75.8 Å². The molecule has 0 atom stereocenters. The standard InChI is InChI=1S/C54H37NS/c1-3-20-38(21-4-1)40-24-7-8-26-42(40)43-27-9-10-28-44(43)45-29-12-16-35-51(45)55(50-34-15-11-25-41(50)39-22-5-2-6-23-39)52-36-17-13-30-46(52)48-32-19-33-49-47-31-14-18-37-53(47)56-54(48)49/h1-37H. The molecule has 0 spiro atoms. The molecule has 9 aromatic carbocycles. The minimum Gasteiger partial charge on any atom is -0.309 e. The van der Waals surface area contributed by atoms with Gasteiger partial charge in [0.25, 0.3) is 0 Å². The summed E-state index contributed by atoms with van der Waals surface area (Å²) in [5, 5.41) is 2.59. The predicted molar refractivity (Wildman–Crippen MR) is 241 cm³/mol. The summed E-state index contributed by atoms with van der Waals surface area (Å²) >= 11 is 1.88. The molecular formula is C54H37NS. The van der Waals surface area contributed by atoms with Gasteiger partial charge in [0.05, 0.1) is 17.1 Å². The predicted octanol–water partition coefficient (Wildman–Crippen LogP) is 15.9. The van der Waals surface area contributed by atoms with E-state index in [4.69, 9.17) is 0 Å². The number of thiophene rings is 1. The van der Waals surface area contributed by atoms with Crippen LogP contribution < -0.4 is 4.90 Å². The van der Waals surface area contributed by atoms with E-state index in [2.05, 4.69) is 229 Å². The third kappa shape index (κ3) is 5.98. The van der Waals surface area contributed by atoms with E-state index in [9.17, 15) is 0 Å². The first-order chi connectivity index (χ1) is 27.8. The first-order valence-electron chi connectivity index (χ1n) is 19.1. The lowest BCUT2D eigenvalue weighted by Crippen LogP contribution is -2.13. The molecule has 2 heteroatoms. The van der Waals surface area contributed by atoms with Crippen LogP contribution in [0.4, 0.5) is 17.1 Å². The number of para-hydroxylation sites is 3. The van der Waals surface area contributed by atoms with Gasteiger partial charge >= 0.3 is 0 Å². The minimum atomic E-state index is 1.11. The molecule has 0 fully saturated rings. The van der Waals surface area contributed by atoms with Crippen molar-refractivity contribution in [3.8, 4) is 55.6 Å². The van der Waals surface area contributed by atoms with E-state index in [1.807, 2.05) is 11.3 Å². The zero-order chi connectivity index (χ0) is 37.3. The Morgan fingerprint density at radius 1 is 0.250 bits per heavy atom. The number of hydrogen-bond donors (Lipinski definition) is 0. The smallest absolute Gasteiger partial charge is 0.0541 e. The first kappa shape index (κ1) is 33.6. The topological polar surface area (TPSA) is 3.24 Å². The molecule has 264 valence electrons. The van der Waals surface area contributed by atoms with Gasteiger partial charge in [0.15, 0.2) is 0 Å². The Kier molecular flexibility index (Phi) is 8.79. The van der Waals surface area contributed by atoms with Crippen LogP contribution in [0.3, 0.4) is 0 Å². The normalized spacial score (nSPS) is 11.2. The van der Waals surface area contributed by atoms with Crippen molar-refractivity contribution < 1.29 is 0 Å². The van der Waals surface area contributed by atoms with Crippen LogP contribution in [0.15, 0.2) is 224 Å². The van der Waals surface area contributed by atoms with Crippen LogP contribution in [-0.4, -0.2) is 0 Å². The quantitative estimate of drug-likeness (QED) is 0.150. The average molecular weight is 732 g/mol. The van der Waals surface area contributed by atoms with Crippen molar-refractivity contribution in [3.05, 3.63) is 224 Å². The molecule has 56 heavy (non-hydrogen) atoms. The fourth-order valence-corrected chi connectivity index (χ4v) is 9.44. The second-order valence-electron chi connectivity index (χ2n) is 14.0. The Bertz CT molecular complexity index is 2980. The lowest BCUT2D eigenvalue weighted by Gasteiger charge is -2.32. The van der Waals surface area contributed by atoms with Gasteiger partial charge in [-0.05, 0) is 57.6 Å². The monoisotopic (exact) mass is 731 g/mol. The third-order valence-corrected chi connectivity index (χ3v) is 12.0. The summed E-state index contributed by atoms with van der Waals surface area (Å²) in [4.78, 5) is 2.50. The lowest BCUT2D eigenvalue weighted by atomic mass is 9.88. The van der Waals surface area contributed by atoms with Gasteiger partial charge in [-0.25, -0.2) is 0 Å². The molecule has 0 saturated heterocycles. The van der Waals surface area contributed by atoms with E-state index >= 15 is 0 Å². The highest BCUT2D eigenvalue weighted by atomic mass is 32.1. The van der Waals surface area contributed by atoms with E-state index < -0.39 is 0 Å². The average Bonchev–Trinajstić information content (AvgIpc) is 3.67. The molecule has 0 bridgehead atoms. The van der Waals surface area contributed by atoms with E-state index in [1.165, 1.54) is 70.2 Å². The van der Waals surface area contributed by atoms with Gasteiger partial charge in [0.1, 0.15) is 0 Å². The van der Waals surface area contributed by atoms with Crippen molar-refractivity contribution in [2.45, 2.75) is 0 Å². The Morgan fingerprint density at radius 3 is 1.25 bits per heavy atom. The molecule has 0 saturated carbocycles. The molecule has 10 rings (SSSR count). The summed E-state index contributed by atoms with van der Waals surface area (Å²) in [5.74, 6) is 0. The summed E-state index contributed by atoms with van der Waals surface area (Å²) in [5.41, 5.74) is 15.3. The van der Waals surface area contributed by atoms with E-state index in [0.717, 1.165) is 22.6 Å². The maximum Gasteiger partial charge on any atom is 0.0541 e. The van der Waals surface area contributed by atoms with Crippen LogP contribution in [0.1, 0.15) is 0 Å². The largest absolute Gasteiger partial charge is 0.309 e. The first-order valence-corrected chi connectivity index (χ1v) is 19.9. The molecule has 0 aliphatic rings. The molecule has 0 radical (unpaired) electrons. The van der Waals surface area contributed by atoms with Gasteiger partial charge in [-0.15, -0.1) is 11.3 Å². The van der Waals surface area contributed by atoms with E-state index in [0.29, 0.717) is 0 Å². The zero-order valence-corrected chi connectivity index (χ0v) is 31.5. The summed E-state index contributed by atoms with van der Waals surface area (Å²) < 4.78 is 2.60. The highest BCUT2D eigenvalue weighted by Gasteiger charge is 2.25. The Balaban J connectivity index is 1.25. The number of hydrogen-bond acceptors (Lipinski definition) is 2. The lowest BCUT2D eigenvalue weighted by molar-refractivity contribution is 1.28. The summed E-state index contributed by atoms with van der Waals surface area (Å²) in [6.45, 7) is 0. The fourth-order valence-electron chi connectivity index (χ4n) is 8.21. The highest BCUT2D eigenvalue weighted by Crippen LogP contribution is 2.51. The molecular weight excluding hydrogens is 695 g/mol. The Hall–Kier alpha value is -7.00. The zero-order valence-electron chi connectivity index (χ0n) is 30.7. The third-order valence-electron chi connectivity index (χ3n) is 10.7. The van der Waals surface area contributed by atoms with E-state index in [1.54, 1.807) is 0 Å². The molecule has 0 aliphatic heterocycles. The molecule has 1 heterocycles. The van der Waals surface area contributed by atoms with Crippen molar-refractivity contribution in [2.75, 3.05) is 4.90 Å². The molecule has 1 aromatic heterocycles. The van der Waals surface area contributed by atoms with Gasteiger partial charge in [0.2, 0.25) is 0 Å². The van der Waals surface area contributed by atoms with Crippen LogP contribution >= 0.6 is 11.3 Å². The second kappa shape index (κ2) is 14.7. The highest BCUT2D eigenvalue weighted by molar-refractivity contribution is 7.26. The van der Waals surface area contributed by atoms with Gasteiger partial charge < -0.3 is 4.90 Å².